The Hall–Kier alpha value is -2.15. The van der Waals surface area contributed by atoms with Gasteiger partial charge in [-0.15, -0.1) is 0 Å². The first-order valence-corrected chi connectivity index (χ1v) is 7.86. The van der Waals surface area contributed by atoms with E-state index in [2.05, 4.69) is 76.2 Å². The monoisotopic (exact) mass is 289 g/mol. The second kappa shape index (κ2) is 5.24. The highest BCUT2D eigenvalue weighted by Gasteiger charge is 2.23. The second-order valence-electron chi connectivity index (χ2n) is 7.19. The van der Waals surface area contributed by atoms with E-state index in [1.807, 2.05) is 0 Å². The molecule has 0 fully saturated rings. The van der Waals surface area contributed by atoms with E-state index >= 15 is 0 Å². The molecule has 0 aromatic heterocycles. The van der Waals surface area contributed by atoms with E-state index in [9.17, 15) is 0 Å². The van der Waals surface area contributed by atoms with Gasteiger partial charge in [0.1, 0.15) is 0 Å². The van der Waals surface area contributed by atoms with E-state index in [0.717, 1.165) is 12.0 Å². The molecule has 0 unspecified atom stereocenters. The van der Waals surface area contributed by atoms with Crippen molar-refractivity contribution in [3.05, 3.63) is 65.3 Å². The molecule has 0 heterocycles. The fraction of sp³-hybridized carbons (Fsp3) is 0.286. The predicted molar refractivity (Wildman–Crippen MR) is 96.6 cm³/mol. The minimum Gasteiger partial charge on any atom is -0.304 e. The quantitative estimate of drug-likeness (QED) is 0.657. The van der Waals surface area contributed by atoms with Crippen molar-refractivity contribution >= 4 is 22.1 Å². The van der Waals surface area contributed by atoms with Crippen LogP contribution in [0, 0.1) is 10.8 Å². The molecule has 1 heteroatoms. The lowest BCUT2D eigenvalue weighted by Crippen LogP contribution is -2.21. The van der Waals surface area contributed by atoms with Gasteiger partial charge in [0, 0.05) is 16.7 Å². The van der Waals surface area contributed by atoms with Crippen LogP contribution in [0.2, 0.25) is 0 Å². The summed E-state index contributed by atoms with van der Waals surface area (Å²) in [5.74, 6) is 0. The van der Waals surface area contributed by atoms with Crippen molar-refractivity contribution in [1.82, 2.24) is 0 Å². The van der Waals surface area contributed by atoms with Crippen LogP contribution in [0.1, 0.15) is 45.2 Å². The van der Waals surface area contributed by atoms with Gasteiger partial charge in [0.25, 0.3) is 0 Å². The molecule has 0 amide bonds. The Morgan fingerprint density at radius 2 is 1.68 bits per heavy atom. The highest BCUT2D eigenvalue weighted by atomic mass is 14.5. The highest BCUT2D eigenvalue weighted by Crippen LogP contribution is 2.35. The molecule has 0 bridgehead atoms. The Kier molecular flexibility index (Phi) is 3.52. The molecule has 1 N–H and O–H groups in total. The van der Waals surface area contributed by atoms with Gasteiger partial charge in [-0.25, -0.2) is 0 Å². The third-order valence-electron chi connectivity index (χ3n) is 4.30. The molecule has 0 saturated carbocycles. The maximum absolute atomic E-state index is 8.67. The molecule has 2 aromatic carbocycles. The summed E-state index contributed by atoms with van der Waals surface area (Å²) in [5, 5.41) is 11.1. The minimum atomic E-state index is -0.154. The fourth-order valence-electron chi connectivity index (χ4n) is 2.97. The number of rotatable bonds is 2. The summed E-state index contributed by atoms with van der Waals surface area (Å²) >= 11 is 0. The zero-order chi connectivity index (χ0) is 15.9. The van der Waals surface area contributed by atoms with E-state index in [4.69, 9.17) is 5.41 Å². The largest absolute Gasteiger partial charge is 0.304 e. The van der Waals surface area contributed by atoms with Crippen LogP contribution in [0.4, 0.5) is 0 Å². The lowest BCUT2D eigenvalue weighted by Gasteiger charge is -2.23. The second-order valence-corrected chi connectivity index (χ2v) is 7.19. The first-order chi connectivity index (χ1) is 10.4. The number of benzene rings is 2. The first kappa shape index (κ1) is 14.8. The Labute approximate surface area is 132 Å². The van der Waals surface area contributed by atoms with Crippen LogP contribution >= 0.6 is 0 Å². The van der Waals surface area contributed by atoms with Crippen LogP contribution in [0.5, 0.6) is 0 Å². The fourth-order valence-corrected chi connectivity index (χ4v) is 2.97. The van der Waals surface area contributed by atoms with Crippen molar-refractivity contribution in [3.63, 3.8) is 0 Å². The third kappa shape index (κ3) is 2.64. The van der Waals surface area contributed by atoms with E-state index in [1.165, 1.54) is 27.5 Å². The summed E-state index contributed by atoms with van der Waals surface area (Å²) in [4.78, 5) is 0. The smallest absolute Gasteiger partial charge is 0.0445 e. The average molecular weight is 289 g/mol. The molecule has 2 aromatic rings. The molecular weight excluding hydrogens is 266 g/mol. The lowest BCUT2D eigenvalue weighted by atomic mass is 9.81. The van der Waals surface area contributed by atoms with E-state index in [1.54, 1.807) is 0 Å². The number of hydrogen-bond donors (Lipinski definition) is 1. The third-order valence-corrected chi connectivity index (χ3v) is 4.30. The molecule has 0 radical (unpaired) electrons. The summed E-state index contributed by atoms with van der Waals surface area (Å²) in [5.41, 5.74) is 5.48. The number of fused-ring (bicyclic) bond motifs is 1. The van der Waals surface area contributed by atoms with Gasteiger partial charge in [0.15, 0.2) is 0 Å². The van der Waals surface area contributed by atoms with Crippen LogP contribution in [0.3, 0.4) is 0 Å². The van der Waals surface area contributed by atoms with E-state index < -0.39 is 0 Å². The van der Waals surface area contributed by atoms with Gasteiger partial charge in [0.2, 0.25) is 0 Å². The van der Waals surface area contributed by atoms with Crippen LogP contribution in [0.15, 0.2) is 54.1 Å². The molecule has 1 aliphatic carbocycles. The standard InChI is InChI=1S/C21H23N/c1-14-9-10-17(11-14)18-12-15-7-5-6-8-16(15)13-19(18)20(22)21(2,3)4/h5-9,11-13,22H,10H2,1-4H3. The Morgan fingerprint density at radius 3 is 2.23 bits per heavy atom. The molecule has 1 nitrogen and oxygen atoms in total. The molecule has 112 valence electrons. The predicted octanol–water partition coefficient (Wildman–Crippen LogP) is 5.99. The summed E-state index contributed by atoms with van der Waals surface area (Å²) < 4.78 is 0. The number of hydrogen-bond acceptors (Lipinski definition) is 1. The van der Waals surface area contributed by atoms with Crippen molar-refractivity contribution in [1.29, 1.82) is 5.41 Å². The van der Waals surface area contributed by atoms with Crippen molar-refractivity contribution < 1.29 is 0 Å². The van der Waals surface area contributed by atoms with Crippen molar-refractivity contribution in [2.75, 3.05) is 0 Å². The molecule has 22 heavy (non-hydrogen) atoms. The zero-order valence-corrected chi connectivity index (χ0v) is 13.8. The normalized spacial score (nSPS) is 14.9. The van der Waals surface area contributed by atoms with Crippen LogP contribution in [-0.2, 0) is 0 Å². The average Bonchev–Trinajstić information content (AvgIpc) is 2.90. The minimum absolute atomic E-state index is 0.154. The Balaban J connectivity index is 2.24. The van der Waals surface area contributed by atoms with Gasteiger partial charge in [-0.3, -0.25) is 0 Å². The Bertz CT molecular complexity index is 813. The van der Waals surface area contributed by atoms with Gasteiger partial charge in [-0.1, -0.05) is 62.8 Å². The summed E-state index contributed by atoms with van der Waals surface area (Å²) in [7, 11) is 0. The van der Waals surface area contributed by atoms with Crippen molar-refractivity contribution in [2.45, 2.75) is 34.1 Å². The van der Waals surface area contributed by atoms with Gasteiger partial charge in [-0.05, 0) is 47.4 Å². The van der Waals surface area contributed by atoms with Crippen LogP contribution < -0.4 is 0 Å². The molecular formula is C21H23N. The maximum Gasteiger partial charge on any atom is 0.0445 e. The molecule has 0 atom stereocenters. The number of nitrogens with one attached hydrogen (secondary N) is 1. The molecule has 1 aliphatic rings. The van der Waals surface area contributed by atoms with Gasteiger partial charge in [-0.2, -0.15) is 0 Å². The van der Waals surface area contributed by atoms with Crippen LogP contribution in [0.25, 0.3) is 16.3 Å². The molecule has 3 rings (SSSR count). The first-order valence-electron chi connectivity index (χ1n) is 7.86. The molecule has 0 aliphatic heterocycles. The van der Waals surface area contributed by atoms with Crippen molar-refractivity contribution in [3.8, 4) is 0 Å². The highest BCUT2D eigenvalue weighted by molar-refractivity contribution is 6.08. The Morgan fingerprint density at radius 1 is 1.05 bits per heavy atom. The van der Waals surface area contributed by atoms with Crippen molar-refractivity contribution in [2.24, 2.45) is 5.41 Å². The van der Waals surface area contributed by atoms with Gasteiger partial charge in [0.05, 0.1) is 0 Å². The zero-order valence-electron chi connectivity index (χ0n) is 13.8. The van der Waals surface area contributed by atoms with Gasteiger partial charge >= 0.3 is 0 Å². The summed E-state index contributed by atoms with van der Waals surface area (Å²) in [6.07, 6.45) is 5.48. The van der Waals surface area contributed by atoms with E-state index in [-0.39, 0.29) is 5.41 Å². The summed E-state index contributed by atoms with van der Waals surface area (Å²) in [6.45, 7) is 8.48. The van der Waals surface area contributed by atoms with Crippen LogP contribution in [-0.4, -0.2) is 5.71 Å². The van der Waals surface area contributed by atoms with Gasteiger partial charge < -0.3 is 5.41 Å². The SMILES string of the molecule is CC1=CCC(c2cc3ccccc3cc2C(=N)C(C)(C)C)=C1. The lowest BCUT2D eigenvalue weighted by molar-refractivity contribution is 0.588. The maximum atomic E-state index is 8.67. The van der Waals surface area contributed by atoms with E-state index in [0.29, 0.717) is 5.71 Å². The molecule has 0 spiro atoms. The molecule has 0 saturated heterocycles. The summed E-state index contributed by atoms with van der Waals surface area (Å²) in [6, 6.07) is 12.9. The number of allylic oxidation sites excluding steroid dienone is 4. The topological polar surface area (TPSA) is 23.9 Å².